The molecule has 0 radical (unpaired) electrons. The van der Waals surface area contributed by atoms with Gasteiger partial charge in [-0.3, -0.25) is 4.79 Å². The molecule has 1 amide bonds. The van der Waals surface area contributed by atoms with Crippen molar-refractivity contribution in [2.45, 2.75) is 22.2 Å². The molecule has 10 heteroatoms. The summed E-state index contributed by atoms with van der Waals surface area (Å²) < 4.78 is 23.5. The Morgan fingerprint density at radius 3 is 2.43 bits per heavy atom. The summed E-state index contributed by atoms with van der Waals surface area (Å²) in [6.07, 6.45) is 1.72. The van der Waals surface area contributed by atoms with Gasteiger partial charge in [0.05, 0.1) is 22.0 Å². The molecule has 0 aliphatic carbocycles. The number of sulfonamides is 1. The maximum atomic E-state index is 12.4. The van der Waals surface area contributed by atoms with Crippen LogP contribution in [0.5, 0.6) is 0 Å². The topological polar surface area (TPSA) is 118 Å². The van der Waals surface area contributed by atoms with Crippen LogP contribution in [0.15, 0.2) is 69.3 Å². The Kier molecular flexibility index (Phi) is 6.23. The monoisotopic (exact) mass is 480 g/mol. The number of hydrogen-bond donors (Lipinski definition) is 3. The van der Waals surface area contributed by atoms with E-state index < -0.39 is 15.3 Å². The Balaban J connectivity index is 1.62. The lowest BCUT2D eigenvalue weighted by molar-refractivity contribution is -0.115. The third-order valence-corrected chi connectivity index (χ3v) is 6.27. The van der Waals surface area contributed by atoms with Crippen LogP contribution in [0.3, 0.4) is 0 Å². The summed E-state index contributed by atoms with van der Waals surface area (Å²) in [6.45, 7) is 1.76. The number of primary sulfonamides is 1. The predicted octanol–water partition coefficient (Wildman–Crippen LogP) is 3.61. The minimum absolute atomic E-state index is 0.0102. The second-order valence-electron chi connectivity index (χ2n) is 5.93. The van der Waals surface area contributed by atoms with E-state index in [0.717, 1.165) is 15.7 Å². The van der Waals surface area contributed by atoms with Crippen LogP contribution in [0.2, 0.25) is 0 Å². The number of benzene rings is 2. The van der Waals surface area contributed by atoms with E-state index in [4.69, 9.17) is 5.14 Å². The first-order valence-electron chi connectivity index (χ1n) is 8.14. The average Bonchev–Trinajstić information content (AvgIpc) is 3.10. The lowest BCUT2D eigenvalue weighted by atomic mass is 10.2. The van der Waals surface area contributed by atoms with Gasteiger partial charge in [-0.2, -0.15) is 0 Å². The Morgan fingerprint density at radius 1 is 1.18 bits per heavy atom. The van der Waals surface area contributed by atoms with E-state index in [1.807, 2.05) is 24.3 Å². The number of aromatic amines is 1. The van der Waals surface area contributed by atoms with Crippen molar-refractivity contribution in [3.8, 4) is 11.3 Å². The molecule has 7 nitrogen and oxygen atoms in total. The first kappa shape index (κ1) is 20.6. The Hall–Kier alpha value is -2.14. The standard InChI is InChI=1S/C18H17BrN4O3S2/c1-11(17(24)22-14-6-8-15(9-7-14)28(20,25)26)27-18-21-10-16(23-18)12-2-4-13(19)5-3-12/h2-11H,1H3,(H,21,23)(H,22,24)(H2,20,25,26). The van der Waals surface area contributed by atoms with E-state index in [2.05, 4.69) is 31.2 Å². The van der Waals surface area contributed by atoms with E-state index in [-0.39, 0.29) is 10.8 Å². The van der Waals surface area contributed by atoms with E-state index in [9.17, 15) is 13.2 Å². The number of carbonyl (C=O) groups excluding carboxylic acids is 1. The molecule has 0 fully saturated rings. The molecule has 28 heavy (non-hydrogen) atoms. The molecule has 0 aliphatic rings. The third kappa shape index (κ3) is 5.22. The minimum atomic E-state index is -3.76. The highest BCUT2D eigenvalue weighted by Gasteiger charge is 2.17. The van der Waals surface area contributed by atoms with Crippen molar-refractivity contribution in [1.29, 1.82) is 0 Å². The molecule has 1 aromatic heterocycles. The summed E-state index contributed by atoms with van der Waals surface area (Å²) in [5.41, 5.74) is 2.34. The van der Waals surface area contributed by atoms with Crippen molar-refractivity contribution in [3.63, 3.8) is 0 Å². The van der Waals surface area contributed by atoms with Gasteiger partial charge < -0.3 is 10.3 Å². The van der Waals surface area contributed by atoms with Crippen LogP contribution in [0.25, 0.3) is 11.3 Å². The number of anilines is 1. The van der Waals surface area contributed by atoms with Crippen LogP contribution in [0.4, 0.5) is 5.69 Å². The van der Waals surface area contributed by atoms with Gasteiger partial charge in [0.1, 0.15) is 0 Å². The Bertz CT molecular complexity index is 1080. The van der Waals surface area contributed by atoms with Crippen molar-refractivity contribution in [3.05, 3.63) is 59.2 Å². The van der Waals surface area contributed by atoms with Gasteiger partial charge >= 0.3 is 0 Å². The molecule has 0 saturated carbocycles. The number of aromatic nitrogens is 2. The smallest absolute Gasteiger partial charge is 0.238 e. The number of H-pyrrole nitrogens is 1. The first-order valence-corrected chi connectivity index (χ1v) is 11.4. The predicted molar refractivity (Wildman–Crippen MR) is 113 cm³/mol. The summed E-state index contributed by atoms with van der Waals surface area (Å²) in [5.74, 6) is -0.227. The van der Waals surface area contributed by atoms with Gasteiger partial charge in [0.15, 0.2) is 5.16 Å². The molecule has 1 unspecified atom stereocenters. The molecule has 1 heterocycles. The second kappa shape index (κ2) is 8.48. The highest BCUT2D eigenvalue weighted by atomic mass is 79.9. The van der Waals surface area contributed by atoms with Crippen LogP contribution < -0.4 is 10.5 Å². The molecule has 4 N–H and O–H groups in total. The van der Waals surface area contributed by atoms with Gasteiger partial charge in [0.25, 0.3) is 0 Å². The maximum Gasteiger partial charge on any atom is 0.238 e. The summed E-state index contributed by atoms with van der Waals surface area (Å²) in [4.78, 5) is 19.9. The fourth-order valence-corrected chi connectivity index (χ4v) is 3.89. The summed E-state index contributed by atoms with van der Waals surface area (Å²) in [5, 5.41) is 8.02. The number of hydrogen-bond acceptors (Lipinski definition) is 5. The average molecular weight is 481 g/mol. The summed E-state index contributed by atoms with van der Waals surface area (Å²) in [6, 6.07) is 13.5. The molecule has 1 atom stereocenters. The molecule has 0 saturated heterocycles. The number of carbonyl (C=O) groups is 1. The number of halogens is 1. The molecule has 2 aromatic carbocycles. The third-order valence-electron chi connectivity index (χ3n) is 3.82. The first-order chi connectivity index (χ1) is 13.2. The Morgan fingerprint density at radius 2 is 1.82 bits per heavy atom. The highest BCUT2D eigenvalue weighted by molar-refractivity contribution is 9.10. The number of imidazole rings is 1. The van der Waals surface area contributed by atoms with E-state index in [1.54, 1.807) is 13.1 Å². The van der Waals surface area contributed by atoms with Crippen molar-refractivity contribution in [2.75, 3.05) is 5.32 Å². The molecule has 0 spiro atoms. The van der Waals surface area contributed by atoms with Gasteiger partial charge in [-0.15, -0.1) is 0 Å². The molecule has 0 bridgehead atoms. The number of nitrogens with two attached hydrogens (primary N) is 1. The number of thioether (sulfide) groups is 1. The lowest BCUT2D eigenvalue weighted by Gasteiger charge is -2.11. The number of nitrogens with zero attached hydrogens (tertiary/aromatic N) is 1. The maximum absolute atomic E-state index is 12.4. The largest absolute Gasteiger partial charge is 0.333 e. The highest BCUT2D eigenvalue weighted by Crippen LogP contribution is 2.26. The summed E-state index contributed by atoms with van der Waals surface area (Å²) in [7, 11) is -3.76. The van der Waals surface area contributed by atoms with Crippen molar-refractivity contribution in [2.24, 2.45) is 5.14 Å². The van der Waals surface area contributed by atoms with Crippen LogP contribution in [-0.2, 0) is 14.8 Å². The van der Waals surface area contributed by atoms with Crippen LogP contribution in [0, 0.1) is 0 Å². The fraction of sp³-hybridized carbons (Fsp3) is 0.111. The zero-order valence-corrected chi connectivity index (χ0v) is 17.9. The fourth-order valence-electron chi connectivity index (χ4n) is 2.33. The molecule has 146 valence electrons. The number of amides is 1. The SMILES string of the molecule is CC(Sc1ncc(-c2ccc(Br)cc2)[nH]1)C(=O)Nc1ccc(S(N)(=O)=O)cc1. The van der Waals surface area contributed by atoms with Crippen LogP contribution in [0.1, 0.15) is 6.92 Å². The zero-order chi connectivity index (χ0) is 20.3. The molecule has 0 aliphatic heterocycles. The number of rotatable bonds is 6. The van der Waals surface area contributed by atoms with Crippen LogP contribution >= 0.6 is 27.7 Å². The second-order valence-corrected chi connectivity index (χ2v) is 9.73. The van der Waals surface area contributed by atoms with Gasteiger partial charge in [-0.1, -0.05) is 39.8 Å². The van der Waals surface area contributed by atoms with Gasteiger partial charge in [0, 0.05) is 10.2 Å². The molecular formula is C18H17BrN4O3S2. The summed E-state index contributed by atoms with van der Waals surface area (Å²) >= 11 is 4.70. The minimum Gasteiger partial charge on any atom is -0.333 e. The number of nitrogens with one attached hydrogen (secondary N) is 2. The van der Waals surface area contributed by atoms with Crippen LogP contribution in [-0.4, -0.2) is 29.5 Å². The molecule has 3 aromatic rings. The van der Waals surface area contributed by atoms with Crippen molar-refractivity contribution in [1.82, 2.24) is 9.97 Å². The van der Waals surface area contributed by atoms with E-state index >= 15 is 0 Å². The van der Waals surface area contributed by atoms with Crippen molar-refractivity contribution < 1.29 is 13.2 Å². The molecular weight excluding hydrogens is 464 g/mol. The normalized spacial score (nSPS) is 12.5. The van der Waals surface area contributed by atoms with E-state index in [0.29, 0.717) is 10.8 Å². The quantitative estimate of drug-likeness (QED) is 0.465. The van der Waals surface area contributed by atoms with Gasteiger partial charge in [-0.05, 0) is 48.9 Å². The Labute approximate surface area is 175 Å². The van der Waals surface area contributed by atoms with E-state index in [1.165, 1.54) is 36.0 Å². The van der Waals surface area contributed by atoms with Gasteiger partial charge in [0.2, 0.25) is 15.9 Å². The zero-order valence-electron chi connectivity index (χ0n) is 14.7. The van der Waals surface area contributed by atoms with Gasteiger partial charge in [-0.25, -0.2) is 18.5 Å². The molecule has 3 rings (SSSR count). The van der Waals surface area contributed by atoms with Crippen molar-refractivity contribution >= 4 is 49.3 Å². The lowest BCUT2D eigenvalue weighted by Crippen LogP contribution is -2.22.